The Kier molecular flexibility index (Phi) is 4.06. The van der Waals surface area contributed by atoms with Crippen molar-refractivity contribution >= 4 is 11.9 Å². The third kappa shape index (κ3) is 3.00. The summed E-state index contributed by atoms with van der Waals surface area (Å²) in [6, 6.07) is 0.0811. The van der Waals surface area contributed by atoms with Gasteiger partial charge in [-0.15, -0.1) is 0 Å². The molecule has 0 spiro atoms. The van der Waals surface area contributed by atoms with Crippen LogP contribution in [0.4, 0.5) is 4.79 Å². The van der Waals surface area contributed by atoms with Crippen LogP contribution in [0.3, 0.4) is 0 Å². The lowest BCUT2D eigenvalue weighted by atomic mass is 9.99. The van der Waals surface area contributed by atoms with Gasteiger partial charge in [-0.25, -0.2) is 4.79 Å². The number of ether oxygens (including phenoxy) is 1. The lowest BCUT2D eigenvalue weighted by Crippen LogP contribution is -2.52. The number of likely N-dealkylation sites (tertiary alicyclic amines) is 2. The maximum Gasteiger partial charge on any atom is 0.317 e. The van der Waals surface area contributed by atoms with Gasteiger partial charge in [0, 0.05) is 32.2 Å². The van der Waals surface area contributed by atoms with Crippen LogP contribution in [0.5, 0.6) is 0 Å². The van der Waals surface area contributed by atoms with Crippen LogP contribution in [-0.4, -0.2) is 66.2 Å². The number of carbonyl (C=O) groups is 2. The normalized spacial score (nSPS) is 31.9. The van der Waals surface area contributed by atoms with E-state index in [2.05, 4.69) is 5.32 Å². The molecule has 0 saturated carbocycles. The summed E-state index contributed by atoms with van der Waals surface area (Å²) in [6.45, 7) is 6.78. The number of carbonyl (C=O) groups excluding carboxylic acids is 2. The van der Waals surface area contributed by atoms with Crippen LogP contribution in [-0.2, 0) is 9.53 Å². The van der Waals surface area contributed by atoms with Gasteiger partial charge in [-0.3, -0.25) is 4.79 Å². The van der Waals surface area contributed by atoms with Crippen molar-refractivity contribution < 1.29 is 14.3 Å². The quantitative estimate of drug-likeness (QED) is 0.820. The fourth-order valence-electron chi connectivity index (χ4n) is 3.59. The third-order valence-electron chi connectivity index (χ3n) is 4.59. The number of urea groups is 1. The van der Waals surface area contributed by atoms with Crippen molar-refractivity contribution in [3.63, 3.8) is 0 Å². The first kappa shape index (κ1) is 14.6. The lowest BCUT2D eigenvalue weighted by molar-refractivity contribution is -0.137. The third-order valence-corrected chi connectivity index (χ3v) is 4.59. The largest absolute Gasteiger partial charge is 0.370 e. The summed E-state index contributed by atoms with van der Waals surface area (Å²) in [5, 5.41) is 2.92. The number of amides is 3. The highest BCUT2D eigenvalue weighted by Gasteiger charge is 2.47. The van der Waals surface area contributed by atoms with Gasteiger partial charge in [0.15, 0.2) is 0 Å². The minimum atomic E-state index is -0.130. The Balaban J connectivity index is 1.62. The molecular formula is C15H25N3O3. The smallest absolute Gasteiger partial charge is 0.317 e. The van der Waals surface area contributed by atoms with Gasteiger partial charge in [0.1, 0.15) is 0 Å². The number of hydrogen-bond donors (Lipinski definition) is 1. The van der Waals surface area contributed by atoms with E-state index in [1.807, 2.05) is 18.7 Å². The zero-order valence-electron chi connectivity index (χ0n) is 12.9. The van der Waals surface area contributed by atoms with E-state index < -0.39 is 0 Å². The molecule has 3 fully saturated rings. The Morgan fingerprint density at radius 3 is 2.52 bits per heavy atom. The molecule has 0 aromatic heterocycles. The maximum atomic E-state index is 12.6. The van der Waals surface area contributed by atoms with Gasteiger partial charge in [-0.1, -0.05) is 0 Å². The van der Waals surface area contributed by atoms with E-state index in [0.717, 1.165) is 32.4 Å². The summed E-state index contributed by atoms with van der Waals surface area (Å²) >= 11 is 0. The van der Waals surface area contributed by atoms with Crippen molar-refractivity contribution in [3.05, 3.63) is 0 Å². The van der Waals surface area contributed by atoms with E-state index in [4.69, 9.17) is 4.74 Å². The molecular weight excluding hydrogens is 270 g/mol. The molecule has 0 aromatic rings. The fraction of sp³-hybridized carbons (Fsp3) is 0.867. The molecule has 3 aliphatic rings. The van der Waals surface area contributed by atoms with Crippen molar-refractivity contribution in [2.24, 2.45) is 5.92 Å². The van der Waals surface area contributed by atoms with Gasteiger partial charge >= 0.3 is 6.03 Å². The molecule has 3 aliphatic heterocycles. The summed E-state index contributed by atoms with van der Waals surface area (Å²) in [5.74, 6) is 0.163. The SMILES string of the molecule is CC(C)NC(=O)N1C[C@@H]2C[C@@H](C(=O)N3CCCC3)[C@H](C1)O2. The van der Waals surface area contributed by atoms with Gasteiger partial charge in [-0.2, -0.15) is 0 Å². The van der Waals surface area contributed by atoms with Gasteiger partial charge < -0.3 is 19.9 Å². The highest BCUT2D eigenvalue weighted by atomic mass is 16.5. The van der Waals surface area contributed by atoms with E-state index in [1.54, 1.807) is 4.90 Å². The van der Waals surface area contributed by atoms with Crippen molar-refractivity contribution in [2.45, 2.75) is 51.4 Å². The van der Waals surface area contributed by atoms with Crippen molar-refractivity contribution in [1.82, 2.24) is 15.1 Å². The lowest BCUT2D eigenvalue weighted by Gasteiger charge is -2.33. The molecule has 3 rings (SSSR count). The predicted octanol–water partition coefficient (Wildman–Crippen LogP) is 0.816. The number of morpholine rings is 1. The molecule has 6 heteroatoms. The van der Waals surface area contributed by atoms with Crippen molar-refractivity contribution in [3.8, 4) is 0 Å². The molecule has 1 N–H and O–H groups in total. The molecule has 0 aromatic carbocycles. The molecule has 3 heterocycles. The van der Waals surface area contributed by atoms with E-state index in [-0.39, 0.29) is 36.1 Å². The summed E-state index contributed by atoms with van der Waals surface area (Å²) in [4.78, 5) is 28.5. The van der Waals surface area contributed by atoms with Crippen molar-refractivity contribution in [1.29, 1.82) is 0 Å². The van der Waals surface area contributed by atoms with E-state index in [0.29, 0.717) is 13.1 Å². The zero-order valence-corrected chi connectivity index (χ0v) is 12.9. The van der Waals surface area contributed by atoms with Crippen LogP contribution in [0.2, 0.25) is 0 Å². The molecule has 0 unspecified atom stereocenters. The minimum Gasteiger partial charge on any atom is -0.370 e. The number of nitrogens with one attached hydrogen (secondary N) is 1. The first-order chi connectivity index (χ1) is 10.0. The van der Waals surface area contributed by atoms with E-state index >= 15 is 0 Å². The first-order valence-electron chi connectivity index (χ1n) is 8.04. The molecule has 3 saturated heterocycles. The second-order valence-electron chi connectivity index (χ2n) is 6.68. The Hall–Kier alpha value is -1.30. The van der Waals surface area contributed by atoms with Gasteiger partial charge in [0.05, 0.1) is 18.1 Å². The molecule has 6 nitrogen and oxygen atoms in total. The fourth-order valence-corrected chi connectivity index (χ4v) is 3.59. The number of fused-ring (bicyclic) bond motifs is 2. The van der Waals surface area contributed by atoms with Crippen LogP contribution in [0.25, 0.3) is 0 Å². The average Bonchev–Trinajstić information content (AvgIpc) is 3.05. The molecule has 3 atom stereocenters. The Bertz CT molecular complexity index is 420. The molecule has 2 bridgehead atoms. The number of nitrogens with zero attached hydrogens (tertiary/aromatic N) is 2. The minimum absolute atomic E-state index is 0.0122. The average molecular weight is 295 g/mol. The zero-order chi connectivity index (χ0) is 15.0. The summed E-state index contributed by atoms with van der Waals surface area (Å²) in [5.41, 5.74) is 0. The predicted molar refractivity (Wildman–Crippen MR) is 77.8 cm³/mol. The highest BCUT2D eigenvalue weighted by Crippen LogP contribution is 2.33. The van der Waals surface area contributed by atoms with Crippen LogP contribution in [0, 0.1) is 5.92 Å². The standard InChI is InChI=1S/C15H25N3O3/c1-10(2)16-15(20)18-8-11-7-12(13(9-18)21-11)14(19)17-5-3-4-6-17/h10-13H,3-9H2,1-2H3,(H,16,20)/t11-,12+,13-/m0/s1. The topological polar surface area (TPSA) is 61.9 Å². The monoisotopic (exact) mass is 295 g/mol. The number of hydrogen-bond acceptors (Lipinski definition) is 3. The molecule has 3 amide bonds. The molecule has 118 valence electrons. The number of rotatable bonds is 2. The maximum absolute atomic E-state index is 12.6. The van der Waals surface area contributed by atoms with Crippen LogP contribution in [0.15, 0.2) is 0 Å². The van der Waals surface area contributed by atoms with Crippen LogP contribution < -0.4 is 5.32 Å². The van der Waals surface area contributed by atoms with Crippen LogP contribution >= 0.6 is 0 Å². The molecule has 0 aliphatic carbocycles. The second-order valence-corrected chi connectivity index (χ2v) is 6.68. The van der Waals surface area contributed by atoms with Gasteiger partial charge in [0.25, 0.3) is 0 Å². The Morgan fingerprint density at radius 1 is 1.14 bits per heavy atom. The summed E-state index contributed by atoms with van der Waals surface area (Å²) in [7, 11) is 0. The van der Waals surface area contributed by atoms with Crippen molar-refractivity contribution in [2.75, 3.05) is 26.2 Å². The van der Waals surface area contributed by atoms with Gasteiger partial charge in [-0.05, 0) is 33.1 Å². The van der Waals surface area contributed by atoms with Crippen LogP contribution in [0.1, 0.15) is 33.1 Å². The second kappa shape index (κ2) is 5.83. The Labute approximate surface area is 125 Å². The highest BCUT2D eigenvalue weighted by molar-refractivity contribution is 5.81. The first-order valence-corrected chi connectivity index (χ1v) is 8.04. The molecule has 21 heavy (non-hydrogen) atoms. The van der Waals surface area contributed by atoms with E-state index in [1.165, 1.54) is 0 Å². The summed E-state index contributed by atoms with van der Waals surface area (Å²) < 4.78 is 5.91. The molecule has 0 radical (unpaired) electrons. The summed E-state index contributed by atoms with van der Waals surface area (Å²) in [6.07, 6.45) is 2.85. The van der Waals surface area contributed by atoms with Gasteiger partial charge in [0.2, 0.25) is 5.91 Å². The van der Waals surface area contributed by atoms with E-state index in [9.17, 15) is 9.59 Å². The Morgan fingerprint density at radius 2 is 1.86 bits per heavy atom.